The summed E-state index contributed by atoms with van der Waals surface area (Å²) in [6.45, 7) is 0. The molecule has 0 spiro atoms. The summed E-state index contributed by atoms with van der Waals surface area (Å²) in [5.74, 6) is -0.295. The number of pyridine rings is 1. The highest BCUT2D eigenvalue weighted by Gasteiger charge is 2.11. The average molecular weight is 325 g/mol. The fraction of sp³-hybridized carbons (Fsp3) is 0.333. The Morgan fingerprint density at radius 1 is 1.57 bits per heavy atom. The normalized spacial score (nSPS) is 9.07. The summed E-state index contributed by atoms with van der Waals surface area (Å²) >= 11 is 1.59. The molecule has 0 aliphatic carbocycles. The average Bonchev–Trinajstić information content (AvgIpc) is 2.17. The van der Waals surface area contributed by atoms with Gasteiger partial charge in [0.15, 0.2) is 6.20 Å². The van der Waals surface area contributed by atoms with Crippen molar-refractivity contribution in [3.63, 3.8) is 0 Å². The Bertz CT molecular complexity index is 331. The molecule has 0 unspecified atom stereocenters. The van der Waals surface area contributed by atoms with Crippen molar-refractivity contribution >= 4 is 17.7 Å². The summed E-state index contributed by atoms with van der Waals surface area (Å²) in [6, 6.07) is 3.56. The quantitative estimate of drug-likeness (QED) is 0.273. The smallest absolute Gasteiger partial charge is 0.338 e. The number of halogens is 1. The van der Waals surface area contributed by atoms with Crippen LogP contribution in [0.15, 0.2) is 23.4 Å². The molecule has 0 saturated heterocycles. The van der Waals surface area contributed by atoms with Gasteiger partial charge >= 0.3 is 5.97 Å². The maximum atomic E-state index is 11.2. The number of hydrogen-bond acceptors (Lipinski definition) is 3. The molecule has 0 aliphatic heterocycles. The molecule has 0 amide bonds. The van der Waals surface area contributed by atoms with E-state index in [0.717, 1.165) is 5.03 Å². The fourth-order valence-corrected chi connectivity index (χ4v) is 1.59. The molecule has 1 aromatic heterocycles. The number of carbonyl (C=O) groups excluding carboxylic acids is 1. The number of aryl methyl sites for hydroxylation is 1. The highest BCUT2D eigenvalue weighted by Crippen LogP contribution is 2.11. The molecule has 5 heteroatoms. The summed E-state index contributed by atoms with van der Waals surface area (Å²) in [5, 5.41) is 1.03. The highest BCUT2D eigenvalue weighted by atomic mass is 127. The number of nitrogens with zero attached hydrogens (tertiary/aromatic N) is 1. The number of rotatable bonds is 2. The van der Waals surface area contributed by atoms with Crippen LogP contribution in [0.3, 0.4) is 0 Å². The Kier molecular flexibility index (Phi) is 6.10. The van der Waals surface area contributed by atoms with E-state index >= 15 is 0 Å². The molecule has 1 rings (SSSR count). The molecule has 0 radical (unpaired) electrons. The van der Waals surface area contributed by atoms with Gasteiger partial charge in [0.2, 0.25) is 5.03 Å². The van der Waals surface area contributed by atoms with Crippen LogP contribution in [0.1, 0.15) is 10.4 Å². The molecule has 14 heavy (non-hydrogen) atoms. The van der Waals surface area contributed by atoms with E-state index in [1.807, 2.05) is 30.1 Å². The van der Waals surface area contributed by atoms with Crippen molar-refractivity contribution in [1.82, 2.24) is 0 Å². The number of thioether (sulfide) groups is 1. The fourth-order valence-electron chi connectivity index (χ4n) is 0.996. The van der Waals surface area contributed by atoms with Gasteiger partial charge in [0.1, 0.15) is 7.05 Å². The SMILES string of the molecule is COC(=O)c1cc[n+](C)c(SC)c1.[I-]. The standard InChI is InChI=1S/C9H12NO2S.HI/c1-10-5-4-7(9(11)12-2)6-8(10)13-3;/h4-6H,1-3H3;1H/q+1;/p-1. The summed E-state index contributed by atoms with van der Waals surface area (Å²) in [4.78, 5) is 11.2. The largest absolute Gasteiger partial charge is 1.00 e. The van der Waals surface area contributed by atoms with Gasteiger partial charge in [-0.25, -0.2) is 4.79 Å². The zero-order chi connectivity index (χ0) is 9.84. The van der Waals surface area contributed by atoms with Gasteiger partial charge in [0.25, 0.3) is 0 Å². The summed E-state index contributed by atoms with van der Waals surface area (Å²) < 4.78 is 6.57. The second-order valence-electron chi connectivity index (χ2n) is 2.56. The molecule has 0 aromatic carbocycles. The van der Waals surface area contributed by atoms with Crippen LogP contribution in [-0.4, -0.2) is 19.3 Å². The Labute approximate surface area is 105 Å². The van der Waals surface area contributed by atoms with Gasteiger partial charge in [0.05, 0.1) is 12.7 Å². The zero-order valence-corrected chi connectivity index (χ0v) is 11.3. The van der Waals surface area contributed by atoms with Gasteiger partial charge in [-0.1, -0.05) is 11.8 Å². The number of hydrogen-bond donors (Lipinski definition) is 0. The first-order valence-corrected chi connectivity index (χ1v) is 5.03. The molecule has 78 valence electrons. The number of ether oxygens (including phenoxy) is 1. The maximum Gasteiger partial charge on any atom is 0.338 e. The minimum absolute atomic E-state index is 0. The van der Waals surface area contributed by atoms with Crippen molar-refractivity contribution in [2.75, 3.05) is 13.4 Å². The molecule has 0 saturated carbocycles. The van der Waals surface area contributed by atoms with E-state index in [1.54, 1.807) is 17.8 Å². The molecule has 1 aromatic rings. The lowest BCUT2D eigenvalue weighted by Crippen LogP contribution is -3.00. The van der Waals surface area contributed by atoms with Crippen molar-refractivity contribution in [2.45, 2.75) is 5.03 Å². The van der Waals surface area contributed by atoms with Crippen LogP contribution in [0.5, 0.6) is 0 Å². The van der Waals surface area contributed by atoms with Crippen LogP contribution in [-0.2, 0) is 11.8 Å². The molecule has 1 heterocycles. The summed E-state index contributed by atoms with van der Waals surface area (Å²) in [7, 11) is 3.32. The maximum absolute atomic E-state index is 11.2. The van der Waals surface area contributed by atoms with E-state index in [4.69, 9.17) is 0 Å². The number of esters is 1. The predicted octanol–water partition coefficient (Wildman–Crippen LogP) is -1.98. The number of methoxy groups -OCH3 is 1. The molecule has 0 atom stereocenters. The third-order valence-corrected chi connectivity index (χ3v) is 2.56. The van der Waals surface area contributed by atoms with Crippen LogP contribution >= 0.6 is 11.8 Å². The van der Waals surface area contributed by atoms with Crippen LogP contribution in [0.4, 0.5) is 0 Å². The monoisotopic (exact) mass is 325 g/mol. The topological polar surface area (TPSA) is 30.2 Å². The zero-order valence-electron chi connectivity index (χ0n) is 8.28. The third kappa shape index (κ3) is 3.13. The van der Waals surface area contributed by atoms with E-state index in [-0.39, 0.29) is 29.9 Å². The summed E-state index contributed by atoms with van der Waals surface area (Å²) in [5.41, 5.74) is 0.588. The summed E-state index contributed by atoms with van der Waals surface area (Å²) in [6.07, 6.45) is 3.81. The van der Waals surface area contributed by atoms with Crippen LogP contribution in [0.2, 0.25) is 0 Å². The second-order valence-corrected chi connectivity index (χ2v) is 3.39. The lowest BCUT2D eigenvalue weighted by molar-refractivity contribution is -0.708. The molecular formula is C9H12INO2S. The van der Waals surface area contributed by atoms with Crippen molar-refractivity contribution in [3.8, 4) is 0 Å². The van der Waals surface area contributed by atoms with Crippen LogP contribution in [0, 0.1) is 0 Å². The first-order valence-electron chi connectivity index (χ1n) is 3.81. The van der Waals surface area contributed by atoms with E-state index in [1.165, 1.54) is 7.11 Å². The highest BCUT2D eigenvalue weighted by molar-refractivity contribution is 7.98. The van der Waals surface area contributed by atoms with Crippen molar-refractivity contribution in [2.24, 2.45) is 7.05 Å². The van der Waals surface area contributed by atoms with Crippen LogP contribution < -0.4 is 28.5 Å². The molecule has 3 nitrogen and oxygen atoms in total. The Balaban J connectivity index is 0.00000169. The number of aromatic nitrogens is 1. The van der Waals surface area contributed by atoms with Crippen molar-refractivity contribution < 1.29 is 38.1 Å². The van der Waals surface area contributed by atoms with Gasteiger partial charge in [-0.05, 0) is 6.26 Å². The third-order valence-electron chi connectivity index (χ3n) is 1.73. The first-order chi connectivity index (χ1) is 6.19. The van der Waals surface area contributed by atoms with Gasteiger partial charge < -0.3 is 28.7 Å². The minimum Gasteiger partial charge on any atom is -1.00 e. The van der Waals surface area contributed by atoms with Gasteiger partial charge in [-0.15, -0.1) is 0 Å². The lowest BCUT2D eigenvalue weighted by Gasteiger charge is -1.99. The molecule has 0 N–H and O–H groups in total. The second kappa shape index (κ2) is 6.23. The van der Waals surface area contributed by atoms with Gasteiger partial charge in [-0.3, -0.25) is 0 Å². The van der Waals surface area contributed by atoms with E-state index in [0.29, 0.717) is 5.56 Å². The Morgan fingerprint density at radius 3 is 2.71 bits per heavy atom. The molecule has 0 fully saturated rings. The first kappa shape index (κ1) is 13.7. The van der Waals surface area contributed by atoms with E-state index in [9.17, 15) is 4.79 Å². The van der Waals surface area contributed by atoms with Crippen molar-refractivity contribution in [1.29, 1.82) is 0 Å². The minimum atomic E-state index is -0.295. The molecule has 0 aliphatic rings. The van der Waals surface area contributed by atoms with E-state index in [2.05, 4.69) is 4.74 Å². The van der Waals surface area contributed by atoms with Gasteiger partial charge in [-0.2, -0.15) is 4.57 Å². The van der Waals surface area contributed by atoms with Gasteiger partial charge in [0, 0.05) is 12.1 Å². The lowest BCUT2D eigenvalue weighted by atomic mass is 10.3. The number of carbonyl (C=O) groups is 1. The van der Waals surface area contributed by atoms with E-state index < -0.39 is 0 Å². The molecular weight excluding hydrogens is 313 g/mol. The predicted molar refractivity (Wildman–Crippen MR) is 50.7 cm³/mol. The molecule has 0 bridgehead atoms. The van der Waals surface area contributed by atoms with Crippen molar-refractivity contribution in [3.05, 3.63) is 23.9 Å². The van der Waals surface area contributed by atoms with Crippen LogP contribution in [0.25, 0.3) is 0 Å². The Morgan fingerprint density at radius 2 is 2.21 bits per heavy atom. The Hall–Kier alpha value is -0.300.